The van der Waals surface area contributed by atoms with Crippen molar-refractivity contribution in [3.05, 3.63) is 64.7 Å². The van der Waals surface area contributed by atoms with Crippen LogP contribution in [0.5, 0.6) is 0 Å². The molecule has 0 heterocycles. The minimum atomic E-state index is -4.55. The van der Waals surface area contributed by atoms with E-state index in [0.717, 1.165) is 35.0 Å². The van der Waals surface area contributed by atoms with Gasteiger partial charge in [-0.2, -0.15) is 13.2 Å². The largest absolute Gasteiger partial charge is 0.416 e. The van der Waals surface area contributed by atoms with Gasteiger partial charge in [-0.1, -0.05) is 23.8 Å². The van der Waals surface area contributed by atoms with Crippen LogP contribution in [0.2, 0.25) is 0 Å². The number of alkyl halides is 3. The van der Waals surface area contributed by atoms with Gasteiger partial charge in [0, 0.05) is 11.3 Å². The Morgan fingerprint density at radius 2 is 1.73 bits per heavy atom. The SMILES string of the molecule is Cc1ccc(NCC(=O)NNC(=O)c2cccc(C(F)(F)F)c2)c(C)c1. The third-order valence-corrected chi connectivity index (χ3v) is 3.59. The third-order valence-electron chi connectivity index (χ3n) is 3.59. The first-order chi connectivity index (χ1) is 12.2. The van der Waals surface area contributed by atoms with Crippen molar-refractivity contribution >= 4 is 17.5 Å². The van der Waals surface area contributed by atoms with Crippen LogP contribution >= 0.6 is 0 Å². The van der Waals surface area contributed by atoms with Crippen LogP contribution in [0.25, 0.3) is 0 Å². The molecule has 3 N–H and O–H groups in total. The summed E-state index contributed by atoms with van der Waals surface area (Å²) in [6, 6.07) is 9.61. The Balaban J connectivity index is 1.88. The molecule has 0 saturated heterocycles. The van der Waals surface area contributed by atoms with Crippen LogP contribution in [-0.4, -0.2) is 18.4 Å². The number of rotatable bonds is 4. The third kappa shape index (κ3) is 5.23. The summed E-state index contributed by atoms with van der Waals surface area (Å²) in [4.78, 5) is 23.7. The fraction of sp³-hybridized carbons (Fsp3) is 0.222. The molecule has 0 spiro atoms. The molecule has 26 heavy (non-hydrogen) atoms. The van der Waals surface area contributed by atoms with Crippen LogP contribution in [-0.2, 0) is 11.0 Å². The lowest BCUT2D eigenvalue weighted by atomic mass is 10.1. The Kier molecular flexibility index (Phi) is 5.86. The van der Waals surface area contributed by atoms with Gasteiger partial charge in [0.2, 0.25) is 0 Å². The lowest BCUT2D eigenvalue weighted by Crippen LogP contribution is -2.44. The van der Waals surface area contributed by atoms with Crippen LogP contribution in [0.3, 0.4) is 0 Å². The summed E-state index contributed by atoms with van der Waals surface area (Å²) in [6.07, 6.45) is -4.55. The number of anilines is 1. The molecule has 0 radical (unpaired) electrons. The molecule has 0 aliphatic carbocycles. The van der Waals surface area contributed by atoms with Crippen LogP contribution in [0.1, 0.15) is 27.0 Å². The van der Waals surface area contributed by atoms with Crippen LogP contribution in [0.4, 0.5) is 18.9 Å². The number of carbonyl (C=O) groups excluding carboxylic acids is 2. The van der Waals surface area contributed by atoms with E-state index < -0.39 is 23.6 Å². The highest BCUT2D eigenvalue weighted by Gasteiger charge is 2.30. The first-order valence-electron chi connectivity index (χ1n) is 7.74. The van der Waals surface area contributed by atoms with Crippen LogP contribution in [0, 0.1) is 13.8 Å². The van der Waals surface area contributed by atoms with E-state index >= 15 is 0 Å². The standard InChI is InChI=1S/C18H18F3N3O2/c1-11-6-7-15(12(2)8-11)22-10-16(25)23-24-17(26)13-4-3-5-14(9-13)18(19,20)21/h3-9,22H,10H2,1-2H3,(H,23,25)(H,24,26). The number of hydrazine groups is 1. The number of aryl methyl sites for hydroxylation is 2. The molecule has 8 heteroatoms. The van der Waals surface area contributed by atoms with Gasteiger partial charge in [0.1, 0.15) is 0 Å². The van der Waals surface area contributed by atoms with E-state index in [2.05, 4.69) is 16.2 Å². The summed E-state index contributed by atoms with van der Waals surface area (Å²) in [6.45, 7) is 3.74. The van der Waals surface area contributed by atoms with Crippen LogP contribution < -0.4 is 16.2 Å². The first-order valence-corrected chi connectivity index (χ1v) is 7.74. The van der Waals surface area contributed by atoms with Gasteiger partial charge >= 0.3 is 6.18 Å². The van der Waals surface area contributed by atoms with Crippen molar-refractivity contribution in [2.45, 2.75) is 20.0 Å². The number of benzene rings is 2. The van der Waals surface area contributed by atoms with Gasteiger partial charge in [-0.15, -0.1) is 0 Å². The van der Waals surface area contributed by atoms with E-state index in [1.807, 2.05) is 32.0 Å². The van der Waals surface area contributed by atoms with Gasteiger partial charge in [0.15, 0.2) is 0 Å². The maximum absolute atomic E-state index is 12.7. The van der Waals surface area contributed by atoms with Crippen molar-refractivity contribution in [1.29, 1.82) is 0 Å². The number of carbonyl (C=O) groups is 2. The van der Waals surface area contributed by atoms with Crippen molar-refractivity contribution in [2.75, 3.05) is 11.9 Å². The molecule has 0 unspecified atom stereocenters. The van der Waals surface area contributed by atoms with E-state index in [-0.39, 0.29) is 12.1 Å². The molecule has 2 aromatic rings. The predicted octanol–water partition coefficient (Wildman–Crippen LogP) is 3.20. The quantitative estimate of drug-likeness (QED) is 0.729. The van der Waals surface area contributed by atoms with Crippen LogP contribution in [0.15, 0.2) is 42.5 Å². The first kappa shape index (κ1) is 19.3. The molecular weight excluding hydrogens is 347 g/mol. The monoisotopic (exact) mass is 365 g/mol. The van der Waals surface area contributed by atoms with Gasteiger partial charge in [0.05, 0.1) is 12.1 Å². The second kappa shape index (κ2) is 7.90. The molecule has 2 rings (SSSR count). The maximum Gasteiger partial charge on any atom is 0.416 e. The Morgan fingerprint density at radius 3 is 2.38 bits per heavy atom. The lowest BCUT2D eigenvalue weighted by molar-refractivity contribution is -0.137. The molecule has 0 aliphatic rings. The normalized spacial score (nSPS) is 11.0. The average Bonchev–Trinajstić information content (AvgIpc) is 2.58. The molecule has 0 saturated carbocycles. The zero-order valence-corrected chi connectivity index (χ0v) is 14.2. The summed E-state index contributed by atoms with van der Waals surface area (Å²) < 4.78 is 38.0. The van der Waals surface area contributed by atoms with E-state index in [1.54, 1.807) is 0 Å². The minimum Gasteiger partial charge on any atom is -0.376 e. The van der Waals surface area contributed by atoms with E-state index in [9.17, 15) is 22.8 Å². The van der Waals surface area contributed by atoms with Gasteiger partial charge < -0.3 is 5.32 Å². The highest BCUT2D eigenvalue weighted by Crippen LogP contribution is 2.29. The molecule has 0 atom stereocenters. The van der Waals surface area contributed by atoms with Gasteiger partial charge in [0.25, 0.3) is 11.8 Å². The van der Waals surface area contributed by atoms with E-state index in [4.69, 9.17) is 0 Å². The van der Waals surface area contributed by atoms with Crippen molar-refractivity contribution < 1.29 is 22.8 Å². The molecule has 0 aliphatic heterocycles. The molecule has 2 amide bonds. The molecule has 2 aromatic carbocycles. The van der Waals surface area contributed by atoms with Crippen molar-refractivity contribution in [2.24, 2.45) is 0 Å². The number of halogens is 3. The number of hydrogen-bond donors (Lipinski definition) is 3. The summed E-state index contributed by atoms with van der Waals surface area (Å²) in [7, 11) is 0. The van der Waals surface area contributed by atoms with E-state index in [0.29, 0.717) is 0 Å². The molecule has 0 aromatic heterocycles. The highest BCUT2D eigenvalue weighted by molar-refractivity contribution is 5.95. The Labute approximate surface area is 148 Å². The molecule has 5 nitrogen and oxygen atoms in total. The average molecular weight is 365 g/mol. The van der Waals surface area contributed by atoms with Crippen molar-refractivity contribution in [3.63, 3.8) is 0 Å². The topological polar surface area (TPSA) is 70.2 Å². The van der Waals surface area contributed by atoms with Crippen molar-refractivity contribution in [3.8, 4) is 0 Å². The van der Waals surface area contributed by atoms with Gasteiger partial charge in [-0.25, -0.2) is 0 Å². The summed E-state index contributed by atoms with van der Waals surface area (Å²) in [5, 5.41) is 2.92. The van der Waals surface area contributed by atoms with Crippen molar-refractivity contribution in [1.82, 2.24) is 10.9 Å². The highest BCUT2D eigenvalue weighted by atomic mass is 19.4. The van der Waals surface area contributed by atoms with E-state index in [1.165, 1.54) is 6.07 Å². The molecule has 0 fully saturated rings. The maximum atomic E-state index is 12.7. The second-order valence-electron chi connectivity index (χ2n) is 5.75. The molecular formula is C18H18F3N3O2. The number of hydrogen-bond acceptors (Lipinski definition) is 3. The Morgan fingerprint density at radius 1 is 1.00 bits per heavy atom. The number of amides is 2. The minimum absolute atomic E-state index is 0.104. The second-order valence-corrected chi connectivity index (χ2v) is 5.75. The zero-order chi connectivity index (χ0) is 19.3. The zero-order valence-electron chi connectivity index (χ0n) is 14.2. The summed E-state index contributed by atoms with van der Waals surface area (Å²) in [5.74, 6) is -1.37. The van der Waals surface area contributed by atoms with Gasteiger partial charge in [-0.05, 0) is 43.7 Å². The molecule has 138 valence electrons. The van der Waals surface area contributed by atoms with Gasteiger partial charge in [-0.3, -0.25) is 20.4 Å². The fourth-order valence-electron chi connectivity index (χ4n) is 2.27. The predicted molar refractivity (Wildman–Crippen MR) is 91.5 cm³/mol. The fourth-order valence-corrected chi connectivity index (χ4v) is 2.27. The Bertz CT molecular complexity index is 820. The summed E-state index contributed by atoms with van der Waals surface area (Å²) >= 11 is 0. The number of nitrogens with one attached hydrogen (secondary N) is 3. The smallest absolute Gasteiger partial charge is 0.376 e. The lowest BCUT2D eigenvalue weighted by Gasteiger charge is -2.12. The molecule has 0 bridgehead atoms. The summed E-state index contributed by atoms with van der Waals surface area (Å²) in [5.41, 5.74) is 5.93. The Hall–Kier alpha value is -3.03.